The van der Waals surface area contributed by atoms with Crippen LogP contribution in [-0.4, -0.2) is 50.5 Å². The SMILES string of the molecule is Cc1cnc([C@H]2COCCN2C(=O)c2cnc(C3CC3)nc2)[nH]1. The van der Waals surface area contributed by atoms with Crippen LogP contribution in [0.2, 0.25) is 0 Å². The number of aromatic amines is 1. The number of hydrogen-bond acceptors (Lipinski definition) is 5. The minimum absolute atomic E-state index is 0.0744. The molecule has 1 aliphatic carbocycles. The van der Waals surface area contributed by atoms with Crippen LogP contribution in [0.1, 0.15) is 52.5 Å². The van der Waals surface area contributed by atoms with E-state index in [2.05, 4.69) is 19.9 Å². The van der Waals surface area contributed by atoms with Crippen molar-refractivity contribution in [1.29, 1.82) is 0 Å². The summed E-state index contributed by atoms with van der Waals surface area (Å²) in [6.45, 7) is 3.45. The van der Waals surface area contributed by atoms with E-state index in [4.69, 9.17) is 4.74 Å². The molecule has 1 N–H and O–H groups in total. The van der Waals surface area contributed by atoms with E-state index in [1.165, 1.54) is 0 Å². The van der Waals surface area contributed by atoms with Crippen LogP contribution in [0.25, 0.3) is 0 Å². The zero-order valence-corrected chi connectivity index (χ0v) is 13.0. The minimum Gasteiger partial charge on any atom is -0.377 e. The van der Waals surface area contributed by atoms with Crippen LogP contribution < -0.4 is 0 Å². The summed E-state index contributed by atoms with van der Waals surface area (Å²) >= 11 is 0. The fourth-order valence-corrected chi connectivity index (χ4v) is 2.84. The number of carbonyl (C=O) groups excluding carboxylic acids is 1. The summed E-state index contributed by atoms with van der Waals surface area (Å²) in [5.41, 5.74) is 1.49. The van der Waals surface area contributed by atoms with Crippen molar-refractivity contribution >= 4 is 5.91 Å². The number of nitrogens with one attached hydrogen (secondary N) is 1. The van der Waals surface area contributed by atoms with Gasteiger partial charge in [0.2, 0.25) is 0 Å². The zero-order chi connectivity index (χ0) is 15.8. The molecular formula is C16H19N5O2. The molecule has 2 aromatic rings. The molecule has 1 saturated heterocycles. The van der Waals surface area contributed by atoms with Crippen LogP contribution in [-0.2, 0) is 4.74 Å². The van der Waals surface area contributed by atoms with Crippen molar-refractivity contribution in [3.05, 3.63) is 41.5 Å². The molecule has 1 atom stereocenters. The van der Waals surface area contributed by atoms with Crippen molar-refractivity contribution in [2.45, 2.75) is 31.7 Å². The highest BCUT2D eigenvalue weighted by atomic mass is 16.5. The van der Waals surface area contributed by atoms with Gasteiger partial charge in [0.15, 0.2) is 0 Å². The lowest BCUT2D eigenvalue weighted by atomic mass is 10.1. The molecule has 1 aliphatic heterocycles. The molecule has 2 aromatic heterocycles. The molecule has 3 heterocycles. The van der Waals surface area contributed by atoms with Gasteiger partial charge in [-0.1, -0.05) is 0 Å². The molecular weight excluding hydrogens is 294 g/mol. The Labute approximate surface area is 134 Å². The Morgan fingerprint density at radius 1 is 1.26 bits per heavy atom. The van der Waals surface area contributed by atoms with Gasteiger partial charge in [0.25, 0.3) is 5.91 Å². The van der Waals surface area contributed by atoms with Gasteiger partial charge in [-0.25, -0.2) is 15.0 Å². The maximum Gasteiger partial charge on any atom is 0.257 e. The van der Waals surface area contributed by atoms with E-state index in [0.29, 0.717) is 31.2 Å². The van der Waals surface area contributed by atoms with Crippen LogP contribution in [0.5, 0.6) is 0 Å². The number of aryl methyl sites for hydroxylation is 1. The number of rotatable bonds is 3. The number of carbonyl (C=O) groups is 1. The van der Waals surface area contributed by atoms with Gasteiger partial charge in [0, 0.05) is 36.7 Å². The van der Waals surface area contributed by atoms with Crippen LogP contribution >= 0.6 is 0 Å². The second-order valence-electron chi connectivity index (χ2n) is 6.14. The first-order chi connectivity index (χ1) is 11.2. The summed E-state index contributed by atoms with van der Waals surface area (Å²) in [6, 6.07) is -0.201. The van der Waals surface area contributed by atoms with Crippen molar-refractivity contribution in [3.63, 3.8) is 0 Å². The van der Waals surface area contributed by atoms with E-state index < -0.39 is 0 Å². The quantitative estimate of drug-likeness (QED) is 0.930. The molecule has 2 fully saturated rings. The summed E-state index contributed by atoms with van der Waals surface area (Å²) in [7, 11) is 0. The standard InChI is InChI=1S/C16H19N5O2/c1-10-6-17-15(20-10)13-9-23-5-4-21(13)16(22)12-7-18-14(19-8-12)11-2-3-11/h6-8,11,13H,2-5,9H2,1H3,(H,17,20)/t13-/m1/s1. The van der Waals surface area contributed by atoms with Crippen molar-refractivity contribution in [2.75, 3.05) is 19.8 Å². The molecule has 1 saturated carbocycles. The molecule has 120 valence electrons. The van der Waals surface area contributed by atoms with Crippen LogP contribution in [0.3, 0.4) is 0 Å². The minimum atomic E-state index is -0.201. The average Bonchev–Trinajstić information content (AvgIpc) is 3.36. The molecule has 0 radical (unpaired) electrons. The predicted molar refractivity (Wildman–Crippen MR) is 81.9 cm³/mol. The second kappa shape index (κ2) is 5.73. The predicted octanol–water partition coefficient (Wildman–Crippen LogP) is 1.60. The Hall–Kier alpha value is -2.28. The second-order valence-corrected chi connectivity index (χ2v) is 6.14. The highest BCUT2D eigenvalue weighted by Crippen LogP contribution is 2.37. The lowest BCUT2D eigenvalue weighted by molar-refractivity contribution is -0.00505. The number of amides is 1. The van der Waals surface area contributed by atoms with Crippen molar-refractivity contribution < 1.29 is 9.53 Å². The Morgan fingerprint density at radius 2 is 2.04 bits per heavy atom. The van der Waals surface area contributed by atoms with E-state index >= 15 is 0 Å². The molecule has 4 rings (SSSR count). The van der Waals surface area contributed by atoms with Crippen molar-refractivity contribution in [3.8, 4) is 0 Å². The maximum absolute atomic E-state index is 12.8. The van der Waals surface area contributed by atoms with Crippen LogP contribution in [0.15, 0.2) is 18.6 Å². The molecule has 0 unspecified atom stereocenters. The lowest BCUT2D eigenvalue weighted by Crippen LogP contribution is -2.44. The van der Waals surface area contributed by atoms with Gasteiger partial charge >= 0.3 is 0 Å². The topological polar surface area (TPSA) is 84.0 Å². The number of H-pyrrole nitrogens is 1. The summed E-state index contributed by atoms with van der Waals surface area (Å²) < 4.78 is 5.54. The monoisotopic (exact) mass is 313 g/mol. The van der Waals surface area contributed by atoms with Gasteiger partial charge in [-0.2, -0.15) is 0 Å². The van der Waals surface area contributed by atoms with E-state index in [1.807, 2.05) is 6.92 Å². The molecule has 0 aromatic carbocycles. The van der Waals surface area contributed by atoms with Crippen LogP contribution in [0.4, 0.5) is 0 Å². The summed E-state index contributed by atoms with van der Waals surface area (Å²) in [4.78, 5) is 30.9. The van der Waals surface area contributed by atoms with Gasteiger partial charge in [-0.3, -0.25) is 4.79 Å². The van der Waals surface area contributed by atoms with Crippen LogP contribution in [0, 0.1) is 6.92 Å². The Bertz CT molecular complexity index is 708. The summed E-state index contributed by atoms with van der Waals surface area (Å²) in [5, 5.41) is 0. The molecule has 2 aliphatic rings. The van der Waals surface area contributed by atoms with Gasteiger partial charge < -0.3 is 14.6 Å². The molecule has 0 spiro atoms. The first-order valence-electron chi connectivity index (χ1n) is 7.94. The Kier molecular flexibility index (Phi) is 3.57. The zero-order valence-electron chi connectivity index (χ0n) is 13.0. The average molecular weight is 313 g/mol. The number of imidazole rings is 1. The highest BCUT2D eigenvalue weighted by Gasteiger charge is 2.32. The number of ether oxygens (including phenoxy) is 1. The number of nitrogens with zero attached hydrogens (tertiary/aromatic N) is 4. The highest BCUT2D eigenvalue weighted by molar-refractivity contribution is 5.94. The summed E-state index contributed by atoms with van der Waals surface area (Å²) in [6.07, 6.45) is 7.35. The number of hydrogen-bond donors (Lipinski definition) is 1. The van der Waals surface area contributed by atoms with E-state index in [-0.39, 0.29) is 11.9 Å². The molecule has 1 amide bonds. The Balaban J connectivity index is 1.57. The van der Waals surface area contributed by atoms with Gasteiger partial charge in [0.05, 0.1) is 18.8 Å². The van der Waals surface area contributed by atoms with E-state index in [9.17, 15) is 4.79 Å². The third-order valence-electron chi connectivity index (χ3n) is 4.29. The van der Waals surface area contributed by atoms with Crippen molar-refractivity contribution in [2.24, 2.45) is 0 Å². The van der Waals surface area contributed by atoms with Crippen molar-refractivity contribution in [1.82, 2.24) is 24.8 Å². The van der Waals surface area contributed by atoms with E-state index in [0.717, 1.165) is 30.2 Å². The normalized spacial score (nSPS) is 21.4. The van der Waals surface area contributed by atoms with Gasteiger partial charge in [-0.05, 0) is 19.8 Å². The van der Waals surface area contributed by atoms with Gasteiger partial charge in [-0.15, -0.1) is 0 Å². The molecule has 7 heteroatoms. The molecule has 7 nitrogen and oxygen atoms in total. The smallest absolute Gasteiger partial charge is 0.257 e. The Morgan fingerprint density at radius 3 is 2.70 bits per heavy atom. The van der Waals surface area contributed by atoms with Gasteiger partial charge in [0.1, 0.15) is 17.7 Å². The fourth-order valence-electron chi connectivity index (χ4n) is 2.84. The number of morpholine rings is 1. The molecule has 23 heavy (non-hydrogen) atoms. The largest absolute Gasteiger partial charge is 0.377 e. The van der Waals surface area contributed by atoms with E-state index in [1.54, 1.807) is 23.5 Å². The summed E-state index contributed by atoms with van der Waals surface area (Å²) in [5.74, 6) is 2.02. The fraction of sp³-hybridized carbons (Fsp3) is 0.500. The molecule has 0 bridgehead atoms. The first-order valence-corrected chi connectivity index (χ1v) is 7.94. The number of aromatic nitrogens is 4. The first kappa shape index (κ1) is 14.3. The third-order valence-corrected chi connectivity index (χ3v) is 4.29. The lowest BCUT2D eigenvalue weighted by Gasteiger charge is -2.34. The maximum atomic E-state index is 12.8. The third kappa shape index (κ3) is 2.84.